The average molecular weight is 552 g/mol. The van der Waals surface area contributed by atoms with E-state index in [1.165, 1.54) is 29.1 Å². The van der Waals surface area contributed by atoms with Gasteiger partial charge in [0.25, 0.3) is 0 Å². The van der Waals surface area contributed by atoms with Crippen LogP contribution in [0.4, 0.5) is 5.13 Å². The molecule has 1 aliphatic heterocycles. The predicted octanol–water partition coefficient (Wildman–Crippen LogP) is 3.51. The summed E-state index contributed by atoms with van der Waals surface area (Å²) in [5.41, 5.74) is 3.64. The van der Waals surface area contributed by atoms with Crippen LogP contribution in [0.25, 0.3) is 0 Å². The molecular weight excluding hydrogens is 521 g/mol. The molecule has 0 saturated carbocycles. The summed E-state index contributed by atoms with van der Waals surface area (Å²) in [7, 11) is 1.80. The van der Waals surface area contributed by atoms with Crippen LogP contribution in [0.2, 0.25) is 0 Å². The monoisotopic (exact) mass is 551 g/mol. The topological polar surface area (TPSA) is 70.4 Å². The van der Waals surface area contributed by atoms with E-state index in [1.807, 2.05) is 23.1 Å². The molecule has 3 aromatic rings. The molecule has 31 heavy (non-hydrogen) atoms. The Morgan fingerprint density at radius 3 is 2.68 bits per heavy atom. The number of thiazole rings is 1. The number of nitrogens with one attached hydrogen (secondary N) is 2. The number of aliphatic imine (C=N–C) groups is 1. The molecule has 1 aromatic carbocycles. The van der Waals surface area contributed by atoms with E-state index in [9.17, 15) is 0 Å². The number of guanidine groups is 1. The van der Waals surface area contributed by atoms with Crippen molar-refractivity contribution in [2.24, 2.45) is 4.99 Å². The zero-order chi connectivity index (χ0) is 20.6. The first-order chi connectivity index (χ1) is 14.8. The maximum absolute atomic E-state index is 4.79. The third-order valence-corrected chi connectivity index (χ3v) is 6.22. The fraction of sp³-hybridized carbons (Fsp3) is 0.409. The largest absolute Gasteiger partial charge is 0.356 e. The highest BCUT2D eigenvalue weighted by atomic mass is 127. The van der Waals surface area contributed by atoms with Crippen molar-refractivity contribution in [3.8, 4) is 0 Å². The first-order valence-electron chi connectivity index (χ1n) is 10.5. The lowest BCUT2D eigenvalue weighted by atomic mass is 10.1. The molecule has 2 N–H and O–H groups in total. The lowest BCUT2D eigenvalue weighted by Gasteiger charge is -2.14. The molecule has 0 unspecified atom stereocenters. The van der Waals surface area contributed by atoms with Crippen LogP contribution in [-0.2, 0) is 19.5 Å². The Morgan fingerprint density at radius 2 is 1.94 bits per heavy atom. The van der Waals surface area contributed by atoms with Crippen LogP contribution >= 0.6 is 35.3 Å². The molecule has 0 radical (unpaired) electrons. The van der Waals surface area contributed by atoms with Crippen molar-refractivity contribution >= 4 is 46.4 Å². The van der Waals surface area contributed by atoms with E-state index < -0.39 is 0 Å². The van der Waals surface area contributed by atoms with Crippen molar-refractivity contribution in [1.82, 2.24) is 25.4 Å². The Balaban J connectivity index is 0.00000272. The second kappa shape index (κ2) is 12.0. The number of anilines is 1. The fourth-order valence-electron chi connectivity index (χ4n) is 3.63. The molecule has 0 atom stereocenters. The van der Waals surface area contributed by atoms with Gasteiger partial charge < -0.3 is 15.5 Å². The number of hydrogen-bond acceptors (Lipinski definition) is 5. The quantitative estimate of drug-likeness (QED) is 0.255. The van der Waals surface area contributed by atoms with Crippen LogP contribution in [0.3, 0.4) is 0 Å². The first kappa shape index (κ1) is 23.5. The minimum Gasteiger partial charge on any atom is -0.356 e. The van der Waals surface area contributed by atoms with Crippen LogP contribution in [0.1, 0.15) is 29.7 Å². The van der Waals surface area contributed by atoms with E-state index in [4.69, 9.17) is 4.98 Å². The molecule has 2 aromatic heterocycles. The zero-order valence-corrected chi connectivity index (χ0v) is 21.0. The molecule has 4 rings (SSSR count). The third kappa shape index (κ3) is 6.67. The molecule has 1 saturated heterocycles. The lowest BCUT2D eigenvalue weighted by molar-refractivity contribution is 0.677. The van der Waals surface area contributed by atoms with E-state index in [1.54, 1.807) is 18.4 Å². The smallest absolute Gasteiger partial charge is 0.191 e. The first-order valence-corrected chi connectivity index (χ1v) is 11.4. The van der Waals surface area contributed by atoms with Gasteiger partial charge in [0, 0.05) is 57.4 Å². The average Bonchev–Trinajstić information content (AvgIpc) is 3.54. The zero-order valence-electron chi connectivity index (χ0n) is 17.8. The van der Waals surface area contributed by atoms with Gasteiger partial charge in [-0.2, -0.15) is 5.10 Å². The Labute approximate surface area is 205 Å². The molecule has 0 aliphatic carbocycles. The van der Waals surface area contributed by atoms with Crippen LogP contribution in [0.15, 0.2) is 53.1 Å². The molecule has 1 fully saturated rings. The summed E-state index contributed by atoms with van der Waals surface area (Å²) in [5.74, 6) is 0.805. The van der Waals surface area contributed by atoms with Gasteiger partial charge in [0.05, 0.1) is 12.2 Å². The van der Waals surface area contributed by atoms with Gasteiger partial charge >= 0.3 is 0 Å². The molecule has 7 nitrogen and oxygen atoms in total. The van der Waals surface area contributed by atoms with Gasteiger partial charge in [0.2, 0.25) is 0 Å². The molecule has 0 bridgehead atoms. The van der Waals surface area contributed by atoms with Crippen molar-refractivity contribution in [2.75, 3.05) is 31.6 Å². The van der Waals surface area contributed by atoms with Gasteiger partial charge in [-0.1, -0.05) is 24.3 Å². The van der Waals surface area contributed by atoms with E-state index in [-0.39, 0.29) is 24.0 Å². The van der Waals surface area contributed by atoms with E-state index in [0.717, 1.165) is 44.3 Å². The highest BCUT2D eigenvalue weighted by molar-refractivity contribution is 14.0. The number of rotatable bonds is 8. The molecule has 9 heteroatoms. The van der Waals surface area contributed by atoms with Gasteiger partial charge in [-0.25, -0.2) is 4.98 Å². The fourth-order valence-corrected chi connectivity index (χ4v) is 4.54. The molecule has 1 aliphatic rings. The third-order valence-electron chi connectivity index (χ3n) is 5.27. The second-order valence-corrected chi connectivity index (χ2v) is 8.23. The number of aromatic nitrogens is 3. The standard InChI is InChI=1S/C22H29N7S.HI/c1-23-21(24-11-9-20-17-30-22(27-20)28-12-4-5-13-28)25-15-18-7-2-3-8-19(18)16-29-14-6-10-26-29;/h2-3,6-8,10,14,17H,4-5,9,11-13,15-16H2,1H3,(H2,23,24,25);1H. The van der Waals surface area contributed by atoms with Crippen LogP contribution in [-0.4, -0.2) is 47.4 Å². The highest BCUT2D eigenvalue weighted by Crippen LogP contribution is 2.24. The van der Waals surface area contributed by atoms with Crippen molar-refractivity contribution in [2.45, 2.75) is 32.4 Å². The van der Waals surface area contributed by atoms with Crippen molar-refractivity contribution in [3.63, 3.8) is 0 Å². The molecule has 0 spiro atoms. The van der Waals surface area contributed by atoms with Crippen LogP contribution in [0, 0.1) is 0 Å². The number of hydrogen-bond donors (Lipinski definition) is 2. The van der Waals surface area contributed by atoms with Gasteiger partial charge in [-0.05, 0) is 30.0 Å². The lowest BCUT2D eigenvalue weighted by Crippen LogP contribution is -2.38. The van der Waals surface area contributed by atoms with E-state index >= 15 is 0 Å². The van der Waals surface area contributed by atoms with Crippen molar-refractivity contribution in [3.05, 3.63) is 64.9 Å². The van der Waals surface area contributed by atoms with Gasteiger partial charge in [-0.15, -0.1) is 35.3 Å². The summed E-state index contributed by atoms with van der Waals surface area (Å²) in [6, 6.07) is 10.4. The molecule has 3 heterocycles. The summed E-state index contributed by atoms with van der Waals surface area (Å²) in [6.07, 6.45) is 7.25. The maximum atomic E-state index is 4.79. The number of benzene rings is 1. The minimum atomic E-state index is 0. The number of nitrogens with zero attached hydrogens (tertiary/aromatic N) is 5. The van der Waals surface area contributed by atoms with Crippen molar-refractivity contribution in [1.29, 1.82) is 0 Å². The Kier molecular flexibility index (Phi) is 9.13. The summed E-state index contributed by atoms with van der Waals surface area (Å²) in [6.45, 7) is 4.57. The molecular formula is C22H30IN7S. The van der Waals surface area contributed by atoms with Crippen molar-refractivity contribution < 1.29 is 0 Å². The maximum Gasteiger partial charge on any atom is 0.191 e. The van der Waals surface area contributed by atoms with Gasteiger partial charge in [0.15, 0.2) is 11.1 Å². The summed E-state index contributed by atoms with van der Waals surface area (Å²) >= 11 is 1.76. The Morgan fingerprint density at radius 1 is 1.13 bits per heavy atom. The Hall–Kier alpha value is -2.14. The van der Waals surface area contributed by atoms with Crippen LogP contribution < -0.4 is 15.5 Å². The van der Waals surface area contributed by atoms with E-state index in [2.05, 4.69) is 55.3 Å². The molecule has 166 valence electrons. The SMILES string of the molecule is CN=C(NCCc1csc(N2CCCC2)n1)NCc1ccccc1Cn1cccn1.I. The normalized spacial score (nSPS) is 13.8. The van der Waals surface area contributed by atoms with E-state index in [0.29, 0.717) is 6.54 Å². The predicted molar refractivity (Wildman–Crippen MR) is 139 cm³/mol. The highest BCUT2D eigenvalue weighted by Gasteiger charge is 2.15. The van der Waals surface area contributed by atoms with Gasteiger partial charge in [-0.3, -0.25) is 9.67 Å². The van der Waals surface area contributed by atoms with Crippen LogP contribution in [0.5, 0.6) is 0 Å². The minimum absolute atomic E-state index is 0. The summed E-state index contributed by atoms with van der Waals surface area (Å²) < 4.78 is 1.94. The molecule has 0 amide bonds. The summed E-state index contributed by atoms with van der Waals surface area (Å²) in [4.78, 5) is 11.5. The Bertz CT molecular complexity index is 948. The number of halogens is 1. The second-order valence-electron chi connectivity index (χ2n) is 7.39. The summed E-state index contributed by atoms with van der Waals surface area (Å²) in [5, 5.41) is 14.5. The van der Waals surface area contributed by atoms with Gasteiger partial charge in [0.1, 0.15) is 0 Å².